The molecule has 7 nitrogen and oxygen atoms in total. The van der Waals surface area contributed by atoms with Crippen LogP contribution in [0, 0.1) is 0 Å². The van der Waals surface area contributed by atoms with Crippen LogP contribution in [0.2, 0.25) is 0 Å². The van der Waals surface area contributed by atoms with E-state index in [1.165, 1.54) is 0 Å². The van der Waals surface area contributed by atoms with Gasteiger partial charge in [0.15, 0.2) is 5.69 Å². The minimum Gasteiger partial charge on any atom is -0.461 e. The summed E-state index contributed by atoms with van der Waals surface area (Å²) in [5.74, 6) is 0. The Hall–Kier alpha value is -2.88. The van der Waals surface area contributed by atoms with Crippen LogP contribution in [0.3, 0.4) is 0 Å². The van der Waals surface area contributed by atoms with Crippen LogP contribution in [-0.4, -0.2) is 59.9 Å². The van der Waals surface area contributed by atoms with Crippen molar-refractivity contribution in [3.05, 3.63) is 53.9 Å². The van der Waals surface area contributed by atoms with E-state index in [1.54, 1.807) is 4.90 Å². The number of hydrogen-bond donors (Lipinski definition) is 1. The Labute approximate surface area is 165 Å². The lowest BCUT2D eigenvalue weighted by Crippen LogP contribution is -2.51. The molecule has 10 heteroatoms. The van der Waals surface area contributed by atoms with Gasteiger partial charge in [-0.1, -0.05) is 30.3 Å². The summed E-state index contributed by atoms with van der Waals surface area (Å²) in [5.41, 5.74) is 0.0497. The Morgan fingerprint density at radius 1 is 1.28 bits per heavy atom. The second-order valence-corrected chi connectivity index (χ2v) is 6.44. The predicted molar refractivity (Wildman–Crippen MR) is 97.4 cm³/mol. The lowest BCUT2D eigenvalue weighted by atomic mass is 10.1. The quantitative estimate of drug-likeness (QED) is 0.792. The molecule has 0 aliphatic carbocycles. The second kappa shape index (κ2) is 9.55. The number of carbonyl (C=O) groups is 1. The van der Waals surface area contributed by atoms with Gasteiger partial charge in [-0.3, -0.25) is 0 Å². The third kappa shape index (κ3) is 6.31. The van der Waals surface area contributed by atoms with E-state index in [0.29, 0.717) is 19.7 Å². The van der Waals surface area contributed by atoms with Crippen molar-refractivity contribution in [2.45, 2.75) is 18.7 Å². The van der Waals surface area contributed by atoms with Crippen molar-refractivity contribution in [1.29, 1.82) is 0 Å². The fourth-order valence-corrected chi connectivity index (χ4v) is 2.81. The number of carbonyl (C=O) groups excluding carboxylic acids is 1. The number of nitrogens with one attached hydrogen (secondary N) is 1. The summed E-state index contributed by atoms with van der Waals surface area (Å²) in [5, 5.41) is 2.86. The van der Waals surface area contributed by atoms with Crippen molar-refractivity contribution >= 4 is 6.03 Å². The molecule has 29 heavy (non-hydrogen) atoms. The molecule has 3 rings (SSSR count). The second-order valence-electron chi connectivity index (χ2n) is 6.44. The van der Waals surface area contributed by atoms with Gasteiger partial charge in [0.2, 0.25) is 0 Å². The number of alkyl halides is 3. The smallest absolute Gasteiger partial charge is 0.433 e. The van der Waals surface area contributed by atoms with Gasteiger partial charge in [0.1, 0.15) is 12.7 Å². The van der Waals surface area contributed by atoms with Gasteiger partial charge in [-0.15, -0.1) is 0 Å². The monoisotopic (exact) mass is 410 g/mol. The number of ether oxygens (including phenoxy) is 2. The number of aromatic nitrogens is 2. The zero-order chi connectivity index (χ0) is 20.7. The van der Waals surface area contributed by atoms with Crippen molar-refractivity contribution in [3.63, 3.8) is 0 Å². The van der Waals surface area contributed by atoms with Gasteiger partial charge < -0.3 is 19.7 Å². The van der Waals surface area contributed by atoms with Gasteiger partial charge in [0.05, 0.1) is 13.2 Å². The SMILES string of the molecule is O=C(NCCc1ccccc1)N1CCOC(COc2nccc(C(F)(F)F)n2)C1. The predicted octanol–water partition coefficient (Wildman–Crippen LogP) is 2.53. The minimum absolute atomic E-state index is 0.0604. The molecular formula is C19H21F3N4O3. The van der Waals surface area contributed by atoms with Crippen LogP contribution in [-0.2, 0) is 17.3 Å². The van der Waals surface area contributed by atoms with E-state index < -0.39 is 18.0 Å². The summed E-state index contributed by atoms with van der Waals surface area (Å²) in [6, 6.07) is 9.97. The molecule has 1 aliphatic heterocycles. The third-order valence-corrected chi connectivity index (χ3v) is 4.28. The molecule has 0 saturated carbocycles. The molecule has 1 unspecified atom stereocenters. The van der Waals surface area contributed by atoms with Crippen molar-refractivity contribution in [2.24, 2.45) is 0 Å². The molecule has 0 spiro atoms. The average Bonchev–Trinajstić information content (AvgIpc) is 2.73. The standard InChI is InChI=1S/C19H21F3N4O3/c20-19(21,22)16-7-9-23-17(25-16)29-13-15-12-26(10-11-28-15)18(27)24-8-6-14-4-2-1-3-5-14/h1-5,7,9,15H,6,8,10-13H2,(H,24,27). The molecule has 0 bridgehead atoms. The highest BCUT2D eigenvalue weighted by Crippen LogP contribution is 2.27. The fourth-order valence-electron chi connectivity index (χ4n) is 2.81. The topological polar surface area (TPSA) is 76.6 Å². The van der Waals surface area contributed by atoms with Crippen LogP contribution in [0.1, 0.15) is 11.3 Å². The average molecular weight is 410 g/mol. The van der Waals surface area contributed by atoms with Crippen LogP contribution >= 0.6 is 0 Å². The first-order valence-corrected chi connectivity index (χ1v) is 9.13. The Morgan fingerprint density at radius 2 is 2.07 bits per heavy atom. The molecule has 1 saturated heterocycles. The van der Waals surface area contributed by atoms with E-state index in [1.807, 2.05) is 30.3 Å². The molecule has 1 aromatic heterocycles. The zero-order valence-corrected chi connectivity index (χ0v) is 15.6. The number of urea groups is 1. The van der Waals surface area contributed by atoms with Crippen molar-refractivity contribution in [2.75, 3.05) is 32.8 Å². The van der Waals surface area contributed by atoms with E-state index in [-0.39, 0.29) is 25.2 Å². The fraction of sp³-hybridized carbons (Fsp3) is 0.421. The Bertz CT molecular complexity index is 805. The molecule has 1 fully saturated rings. The maximum absolute atomic E-state index is 12.7. The molecule has 1 aromatic carbocycles. The molecule has 1 atom stereocenters. The zero-order valence-electron chi connectivity index (χ0n) is 15.6. The number of morpholine rings is 1. The summed E-state index contributed by atoms with van der Waals surface area (Å²) in [4.78, 5) is 20.9. The Morgan fingerprint density at radius 3 is 2.83 bits per heavy atom. The highest BCUT2D eigenvalue weighted by atomic mass is 19.4. The molecule has 156 valence electrons. The van der Waals surface area contributed by atoms with Crippen LogP contribution in [0.5, 0.6) is 6.01 Å². The van der Waals surface area contributed by atoms with E-state index in [0.717, 1.165) is 24.2 Å². The Kier molecular flexibility index (Phi) is 6.86. The van der Waals surface area contributed by atoms with Gasteiger partial charge in [-0.05, 0) is 18.1 Å². The van der Waals surface area contributed by atoms with Crippen LogP contribution in [0.4, 0.5) is 18.0 Å². The summed E-state index contributed by atoms with van der Waals surface area (Å²) in [6.07, 6.45) is -3.35. The summed E-state index contributed by atoms with van der Waals surface area (Å²) in [6.45, 7) is 1.43. The molecular weight excluding hydrogens is 389 g/mol. The molecule has 1 aliphatic rings. The highest BCUT2D eigenvalue weighted by Gasteiger charge is 2.33. The number of halogens is 3. The molecule has 2 aromatic rings. The number of nitrogens with zero attached hydrogens (tertiary/aromatic N) is 3. The number of hydrogen-bond acceptors (Lipinski definition) is 5. The van der Waals surface area contributed by atoms with E-state index in [9.17, 15) is 18.0 Å². The summed E-state index contributed by atoms with van der Waals surface area (Å²) >= 11 is 0. The lowest BCUT2D eigenvalue weighted by Gasteiger charge is -2.32. The minimum atomic E-state index is -4.57. The molecule has 2 amide bonds. The molecule has 1 N–H and O–H groups in total. The normalized spacial score (nSPS) is 17.1. The van der Waals surface area contributed by atoms with E-state index >= 15 is 0 Å². The Balaban J connectivity index is 1.44. The molecule has 2 heterocycles. The third-order valence-electron chi connectivity index (χ3n) is 4.28. The maximum atomic E-state index is 12.7. The van der Waals surface area contributed by atoms with Crippen molar-refractivity contribution in [1.82, 2.24) is 20.2 Å². The van der Waals surface area contributed by atoms with E-state index in [2.05, 4.69) is 15.3 Å². The summed E-state index contributed by atoms with van der Waals surface area (Å²) in [7, 11) is 0. The lowest BCUT2D eigenvalue weighted by molar-refractivity contribution is -0.141. The van der Waals surface area contributed by atoms with Gasteiger partial charge in [0.25, 0.3) is 0 Å². The molecule has 0 radical (unpaired) electrons. The van der Waals surface area contributed by atoms with Crippen molar-refractivity contribution in [3.8, 4) is 6.01 Å². The number of rotatable bonds is 6. The van der Waals surface area contributed by atoms with Crippen LogP contribution in [0.15, 0.2) is 42.6 Å². The van der Waals surface area contributed by atoms with Gasteiger partial charge in [0, 0.05) is 19.3 Å². The summed E-state index contributed by atoms with van der Waals surface area (Å²) < 4.78 is 48.8. The number of amides is 2. The maximum Gasteiger partial charge on any atom is 0.433 e. The van der Waals surface area contributed by atoms with Crippen LogP contribution in [0.25, 0.3) is 0 Å². The first kappa shape index (κ1) is 20.8. The van der Waals surface area contributed by atoms with Gasteiger partial charge in [-0.2, -0.15) is 18.2 Å². The van der Waals surface area contributed by atoms with E-state index in [4.69, 9.17) is 9.47 Å². The van der Waals surface area contributed by atoms with Crippen molar-refractivity contribution < 1.29 is 27.4 Å². The number of benzene rings is 1. The van der Waals surface area contributed by atoms with Gasteiger partial charge in [-0.25, -0.2) is 9.78 Å². The largest absolute Gasteiger partial charge is 0.461 e. The first-order valence-electron chi connectivity index (χ1n) is 9.13. The van der Waals surface area contributed by atoms with Crippen LogP contribution < -0.4 is 10.1 Å². The first-order chi connectivity index (χ1) is 13.9. The van der Waals surface area contributed by atoms with Gasteiger partial charge >= 0.3 is 18.2 Å². The highest BCUT2D eigenvalue weighted by molar-refractivity contribution is 5.74.